The average molecular weight is 422 g/mol. The fourth-order valence-electron chi connectivity index (χ4n) is 4.53. The molecule has 3 rings (SSSR count). The Morgan fingerprint density at radius 2 is 2.00 bits per heavy atom. The van der Waals surface area contributed by atoms with Gasteiger partial charge in [-0.25, -0.2) is 13.1 Å². The van der Waals surface area contributed by atoms with E-state index in [1.807, 2.05) is 11.8 Å². The van der Waals surface area contributed by atoms with E-state index in [9.17, 15) is 18.0 Å². The van der Waals surface area contributed by atoms with Crippen LogP contribution in [0.25, 0.3) is 0 Å². The lowest BCUT2D eigenvalue weighted by atomic mass is 9.99. The molecule has 2 heterocycles. The topological polar surface area (TPSA) is 86.8 Å². The molecule has 0 saturated carbocycles. The molecule has 29 heavy (non-hydrogen) atoms. The zero-order valence-electron chi connectivity index (χ0n) is 17.5. The lowest BCUT2D eigenvalue weighted by molar-refractivity contribution is -0.134. The summed E-state index contributed by atoms with van der Waals surface area (Å²) >= 11 is 0. The van der Waals surface area contributed by atoms with Gasteiger partial charge in [0.1, 0.15) is 0 Å². The van der Waals surface area contributed by atoms with Crippen LogP contribution in [-0.4, -0.2) is 50.3 Å². The summed E-state index contributed by atoms with van der Waals surface area (Å²) < 4.78 is 27.9. The largest absolute Gasteiger partial charge is 0.340 e. The minimum atomic E-state index is -3.71. The second kappa shape index (κ2) is 8.83. The van der Waals surface area contributed by atoms with E-state index in [0.29, 0.717) is 6.42 Å². The SMILES string of the molecule is CC[C@@H]1CCCCN1C(=O)CCNS(=O)(=O)c1ccc2c(c1)C[C@@H](C)N2C(C)=O. The van der Waals surface area contributed by atoms with Crippen LogP contribution in [0.15, 0.2) is 23.1 Å². The van der Waals surface area contributed by atoms with Crippen molar-refractivity contribution in [1.82, 2.24) is 9.62 Å². The Labute approximate surface area is 173 Å². The molecule has 1 aromatic rings. The zero-order chi connectivity index (χ0) is 21.2. The van der Waals surface area contributed by atoms with Gasteiger partial charge in [-0.3, -0.25) is 9.59 Å². The van der Waals surface area contributed by atoms with Crippen molar-refractivity contribution in [2.24, 2.45) is 0 Å². The third-order valence-electron chi connectivity index (χ3n) is 5.97. The molecular formula is C21H31N3O4S. The highest BCUT2D eigenvalue weighted by molar-refractivity contribution is 7.89. The maximum Gasteiger partial charge on any atom is 0.240 e. The third kappa shape index (κ3) is 4.64. The van der Waals surface area contributed by atoms with Crippen LogP contribution in [-0.2, 0) is 26.0 Å². The maximum absolute atomic E-state index is 12.7. The van der Waals surface area contributed by atoms with Crippen LogP contribution in [0.1, 0.15) is 58.4 Å². The first kappa shape index (κ1) is 21.8. The summed E-state index contributed by atoms with van der Waals surface area (Å²) in [5.41, 5.74) is 1.63. The molecule has 0 aromatic heterocycles. The highest BCUT2D eigenvalue weighted by Crippen LogP contribution is 2.33. The number of fused-ring (bicyclic) bond motifs is 1. The Hall–Kier alpha value is -1.93. The second-order valence-electron chi connectivity index (χ2n) is 8.03. The molecule has 0 aliphatic carbocycles. The standard InChI is InChI=1S/C21H31N3O4S/c1-4-18-7-5-6-12-23(18)21(26)10-11-22-29(27,28)19-8-9-20-17(14-19)13-15(2)24(20)16(3)25/h8-9,14-15,18,22H,4-7,10-13H2,1-3H3/t15-,18-/m1/s1. The van der Waals surface area contributed by atoms with Crippen LogP contribution in [0.5, 0.6) is 0 Å². The molecule has 0 unspecified atom stereocenters. The number of amides is 2. The Morgan fingerprint density at radius 1 is 1.24 bits per heavy atom. The van der Waals surface area contributed by atoms with E-state index < -0.39 is 10.0 Å². The van der Waals surface area contributed by atoms with Crippen molar-refractivity contribution in [3.05, 3.63) is 23.8 Å². The molecule has 8 heteroatoms. The van der Waals surface area contributed by atoms with Crippen molar-refractivity contribution in [2.75, 3.05) is 18.0 Å². The van der Waals surface area contributed by atoms with Crippen LogP contribution in [0.3, 0.4) is 0 Å². The second-order valence-corrected chi connectivity index (χ2v) is 9.79. The van der Waals surface area contributed by atoms with E-state index in [1.54, 1.807) is 17.0 Å². The molecule has 1 aromatic carbocycles. The van der Waals surface area contributed by atoms with Crippen LogP contribution < -0.4 is 9.62 Å². The zero-order valence-corrected chi connectivity index (χ0v) is 18.3. The van der Waals surface area contributed by atoms with Gasteiger partial charge < -0.3 is 9.80 Å². The Kier molecular flexibility index (Phi) is 6.63. The van der Waals surface area contributed by atoms with Crippen molar-refractivity contribution in [2.45, 2.75) is 76.3 Å². The summed E-state index contributed by atoms with van der Waals surface area (Å²) in [6.07, 6.45) is 4.91. The minimum absolute atomic E-state index is 0.0131. The van der Waals surface area contributed by atoms with Gasteiger partial charge in [0.2, 0.25) is 21.8 Å². The molecule has 1 saturated heterocycles. The molecule has 2 aliphatic heterocycles. The number of hydrogen-bond acceptors (Lipinski definition) is 4. The number of hydrogen-bond donors (Lipinski definition) is 1. The summed E-state index contributed by atoms with van der Waals surface area (Å²) in [4.78, 5) is 28.1. The molecule has 1 fully saturated rings. The van der Waals surface area contributed by atoms with Crippen LogP contribution in [0.2, 0.25) is 0 Å². The van der Waals surface area contributed by atoms with Gasteiger partial charge in [-0.1, -0.05) is 6.92 Å². The van der Waals surface area contributed by atoms with E-state index in [0.717, 1.165) is 43.5 Å². The van der Waals surface area contributed by atoms with Gasteiger partial charge in [0, 0.05) is 44.2 Å². The summed E-state index contributed by atoms with van der Waals surface area (Å²) in [6.45, 7) is 6.39. The third-order valence-corrected chi connectivity index (χ3v) is 7.42. The summed E-state index contributed by atoms with van der Waals surface area (Å²) in [7, 11) is -3.71. The molecule has 2 amide bonds. The van der Waals surface area contributed by atoms with E-state index in [2.05, 4.69) is 11.6 Å². The van der Waals surface area contributed by atoms with Gasteiger partial charge in [-0.05, 0) is 62.8 Å². The number of carbonyl (C=O) groups is 2. The molecule has 2 aliphatic rings. The number of carbonyl (C=O) groups excluding carboxylic acids is 2. The highest BCUT2D eigenvalue weighted by Gasteiger charge is 2.30. The quantitative estimate of drug-likeness (QED) is 0.764. The first-order valence-corrected chi connectivity index (χ1v) is 11.9. The molecule has 1 N–H and O–H groups in total. The predicted octanol–water partition coefficient (Wildman–Crippen LogP) is 2.44. The van der Waals surface area contributed by atoms with Gasteiger partial charge in [0.05, 0.1) is 4.90 Å². The van der Waals surface area contributed by atoms with Gasteiger partial charge in [-0.2, -0.15) is 0 Å². The number of benzene rings is 1. The lowest BCUT2D eigenvalue weighted by Gasteiger charge is -2.35. The number of sulfonamides is 1. The number of nitrogens with zero attached hydrogens (tertiary/aromatic N) is 2. The Balaban J connectivity index is 1.63. The van der Waals surface area contributed by atoms with Gasteiger partial charge in [0.15, 0.2) is 0 Å². The average Bonchev–Trinajstić information content (AvgIpc) is 3.02. The minimum Gasteiger partial charge on any atom is -0.340 e. The van der Waals surface area contributed by atoms with Gasteiger partial charge in [-0.15, -0.1) is 0 Å². The Bertz CT molecular complexity index is 884. The molecule has 2 atom stereocenters. The predicted molar refractivity (Wildman–Crippen MR) is 112 cm³/mol. The van der Waals surface area contributed by atoms with Crippen LogP contribution in [0, 0.1) is 0 Å². The van der Waals surface area contributed by atoms with Crippen LogP contribution >= 0.6 is 0 Å². The molecular weight excluding hydrogens is 390 g/mol. The van der Waals surface area contributed by atoms with E-state index in [4.69, 9.17) is 0 Å². The monoisotopic (exact) mass is 421 g/mol. The summed E-state index contributed by atoms with van der Waals surface area (Å²) in [5.74, 6) is -0.0364. The smallest absolute Gasteiger partial charge is 0.240 e. The maximum atomic E-state index is 12.7. The normalized spacial score (nSPS) is 21.9. The number of nitrogens with one attached hydrogen (secondary N) is 1. The molecule has 160 valence electrons. The van der Waals surface area contributed by atoms with Crippen molar-refractivity contribution in [3.63, 3.8) is 0 Å². The Morgan fingerprint density at radius 3 is 2.69 bits per heavy atom. The highest BCUT2D eigenvalue weighted by atomic mass is 32.2. The molecule has 0 spiro atoms. The van der Waals surface area contributed by atoms with Crippen molar-refractivity contribution in [3.8, 4) is 0 Å². The number of piperidine rings is 1. The van der Waals surface area contributed by atoms with E-state index in [-0.39, 0.29) is 41.8 Å². The molecule has 7 nitrogen and oxygen atoms in total. The van der Waals surface area contributed by atoms with Crippen molar-refractivity contribution < 1.29 is 18.0 Å². The van der Waals surface area contributed by atoms with E-state index in [1.165, 1.54) is 13.0 Å². The van der Waals surface area contributed by atoms with E-state index >= 15 is 0 Å². The summed E-state index contributed by atoms with van der Waals surface area (Å²) in [5, 5.41) is 0. The fourth-order valence-corrected chi connectivity index (χ4v) is 5.61. The van der Waals surface area contributed by atoms with Gasteiger partial charge >= 0.3 is 0 Å². The number of rotatable bonds is 6. The van der Waals surface area contributed by atoms with Crippen LogP contribution in [0.4, 0.5) is 5.69 Å². The van der Waals surface area contributed by atoms with Crippen molar-refractivity contribution in [1.29, 1.82) is 0 Å². The number of anilines is 1. The van der Waals surface area contributed by atoms with Crippen molar-refractivity contribution >= 4 is 27.5 Å². The molecule has 0 bridgehead atoms. The first-order valence-electron chi connectivity index (χ1n) is 10.5. The first-order chi connectivity index (χ1) is 13.7. The molecule has 0 radical (unpaired) electrons. The lowest BCUT2D eigenvalue weighted by Crippen LogP contribution is -2.44. The fraction of sp³-hybridized carbons (Fsp3) is 0.619. The number of likely N-dealkylation sites (tertiary alicyclic amines) is 1. The van der Waals surface area contributed by atoms with Gasteiger partial charge in [0.25, 0.3) is 0 Å². The summed E-state index contributed by atoms with van der Waals surface area (Å²) in [6, 6.07) is 5.14.